The lowest BCUT2D eigenvalue weighted by molar-refractivity contribution is -0.140. The Balaban J connectivity index is 2.45. The Morgan fingerprint density at radius 1 is 1.17 bits per heavy atom. The molecule has 102 valence electrons. The quantitative estimate of drug-likeness (QED) is 0.560. The molecule has 0 aromatic heterocycles. The van der Waals surface area contributed by atoms with Gasteiger partial charge in [0.2, 0.25) is 5.91 Å². The Morgan fingerprint density at radius 3 is 2.06 bits per heavy atom. The molecule has 0 radical (unpaired) electrons. The standard InChI is InChI=1S/C10H17N3O5/c1-7(15)12-2-4-13(5-3-12)10(18)11-8(6-14)9(16)17/h8,14H,2-6H2,1H3,(H,11,18)(H,16,17)/t8-/m1/s1. The second kappa shape index (κ2) is 6.20. The van der Waals surface area contributed by atoms with Crippen LogP contribution in [0.1, 0.15) is 6.92 Å². The Hall–Kier alpha value is -1.83. The van der Waals surface area contributed by atoms with Gasteiger partial charge in [-0.1, -0.05) is 0 Å². The van der Waals surface area contributed by atoms with E-state index in [0.717, 1.165) is 0 Å². The number of carbonyl (C=O) groups excluding carboxylic acids is 2. The molecule has 0 aliphatic carbocycles. The van der Waals surface area contributed by atoms with Gasteiger partial charge in [0.15, 0.2) is 6.04 Å². The first-order valence-electron chi connectivity index (χ1n) is 5.60. The summed E-state index contributed by atoms with van der Waals surface area (Å²) in [6, 6.07) is -1.84. The van der Waals surface area contributed by atoms with Crippen molar-refractivity contribution in [1.29, 1.82) is 0 Å². The fraction of sp³-hybridized carbons (Fsp3) is 0.700. The number of aliphatic carboxylic acids is 1. The molecule has 0 saturated carbocycles. The highest BCUT2D eigenvalue weighted by molar-refractivity contribution is 5.83. The van der Waals surface area contributed by atoms with Crippen molar-refractivity contribution in [2.45, 2.75) is 13.0 Å². The molecule has 8 heteroatoms. The van der Waals surface area contributed by atoms with E-state index in [0.29, 0.717) is 26.2 Å². The van der Waals surface area contributed by atoms with Crippen LogP contribution in [0.3, 0.4) is 0 Å². The number of piperazine rings is 1. The zero-order valence-corrected chi connectivity index (χ0v) is 10.1. The number of rotatable bonds is 3. The Bertz CT molecular complexity index is 338. The molecule has 0 aromatic rings. The average molecular weight is 259 g/mol. The third-order valence-electron chi connectivity index (χ3n) is 2.79. The molecule has 18 heavy (non-hydrogen) atoms. The molecule has 1 heterocycles. The molecule has 0 spiro atoms. The van der Waals surface area contributed by atoms with Crippen LogP contribution in [0.25, 0.3) is 0 Å². The van der Waals surface area contributed by atoms with Gasteiger partial charge in [-0.05, 0) is 0 Å². The lowest BCUT2D eigenvalue weighted by Gasteiger charge is -2.34. The van der Waals surface area contributed by atoms with Crippen molar-refractivity contribution in [3.8, 4) is 0 Å². The van der Waals surface area contributed by atoms with Crippen LogP contribution in [-0.2, 0) is 9.59 Å². The van der Waals surface area contributed by atoms with Crippen molar-refractivity contribution in [2.75, 3.05) is 32.8 Å². The van der Waals surface area contributed by atoms with E-state index < -0.39 is 24.6 Å². The number of carboxylic acid groups (broad SMARTS) is 1. The first-order valence-corrected chi connectivity index (χ1v) is 5.60. The number of carboxylic acids is 1. The monoisotopic (exact) mass is 259 g/mol. The summed E-state index contributed by atoms with van der Waals surface area (Å²) >= 11 is 0. The SMILES string of the molecule is CC(=O)N1CCN(C(=O)N[C@H](CO)C(=O)O)CC1. The van der Waals surface area contributed by atoms with E-state index in [2.05, 4.69) is 5.32 Å². The van der Waals surface area contributed by atoms with E-state index in [9.17, 15) is 14.4 Å². The van der Waals surface area contributed by atoms with E-state index in [1.807, 2.05) is 0 Å². The van der Waals surface area contributed by atoms with Crippen molar-refractivity contribution < 1.29 is 24.6 Å². The predicted molar refractivity (Wildman–Crippen MR) is 60.9 cm³/mol. The van der Waals surface area contributed by atoms with Crippen LogP contribution in [0.15, 0.2) is 0 Å². The average Bonchev–Trinajstić information content (AvgIpc) is 2.35. The van der Waals surface area contributed by atoms with Gasteiger partial charge >= 0.3 is 12.0 Å². The summed E-state index contributed by atoms with van der Waals surface area (Å²) in [6.45, 7) is 2.36. The van der Waals surface area contributed by atoms with Crippen LogP contribution in [0, 0.1) is 0 Å². The number of nitrogens with zero attached hydrogens (tertiary/aromatic N) is 2. The van der Waals surface area contributed by atoms with E-state index in [-0.39, 0.29) is 5.91 Å². The summed E-state index contributed by atoms with van der Waals surface area (Å²) in [7, 11) is 0. The molecule has 0 bridgehead atoms. The smallest absolute Gasteiger partial charge is 0.328 e. The lowest BCUT2D eigenvalue weighted by atomic mass is 10.3. The third kappa shape index (κ3) is 3.59. The molecule has 0 aromatic carbocycles. The summed E-state index contributed by atoms with van der Waals surface area (Å²) in [5, 5.41) is 19.7. The van der Waals surface area contributed by atoms with Crippen molar-refractivity contribution in [1.82, 2.24) is 15.1 Å². The molecule has 3 N–H and O–H groups in total. The minimum Gasteiger partial charge on any atom is -0.480 e. The number of hydrogen-bond acceptors (Lipinski definition) is 4. The van der Waals surface area contributed by atoms with Crippen LogP contribution < -0.4 is 5.32 Å². The zero-order valence-electron chi connectivity index (χ0n) is 10.1. The predicted octanol–water partition coefficient (Wildman–Crippen LogP) is -1.69. The van der Waals surface area contributed by atoms with Crippen molar-refractivity contribution in [3.05, 3.63) is 0 Å². The third-order valence-corrected chi connectivity index (χ3v) is 2.79. The molecule has 1 atom stereocenters. The van der Waals surface area contributed by atoms with Crippen molar-refractivity contribution in [2.24, 2.45) is 0 Å². The number of carbonyl (C=O) groups is 3. The van der Waals surface area contributed by atoms with Gasteiger partial charge in [0, 0.05) is 33.1 Å². The second-order valence-electron chi connectivity index (χ2n) is 4.02. The van der Waals surface area contributed by atoms with Crippen LogP contribution in [-0.4, -0.2) is 76.7 Å². The maximum Gasteiger partial charge on any atom is 0.328 e. The van der Waals surface area contributed by atoms with Gasteiger partial charge < -0.3 is 25.3 Å². The van der Waals surface area contributed by atoms with Gasteiger partial charge in [0.1, 0.15) is 0 Å². The molecule has 8 nitrogen and oxygen atoms in total. The summed E-state index contributed by atoms with van der Waals surface area (Å²) in [6.07, 6.45) is 0. The highest BCUT2D eigenvalue weighted by Gasteiger charge is 2.25. The number of hydrogen-bond donors (Lipinski definition) is 3. The number of urea groups is 1. The number of amides is 3. The van der Waals surface area contributed by atoms with Gasteiger partial charge in [0.25, 0.3) is 0 Å². The van der Waals surface area contributed by atoms with Gasteiger partial charge in [-0.3, -0.25) is 4.79 Å². The maximum absolute atomic E-state index is 11.7. The molecule has 1 aliphatic rings. The fourth-order valence-electron chi connectivity index (χ4n) is 1.65. The fourth-order valence-corrected chi connectivity index (χ4v) is 1.65. The van der Waals surface area contributed by atoms with E-state index in [1.54, 1.807) is 4.90 Å². The van der Waals surface area contributed by atoms with Gasteiger partial charge in [-0.15, -0.1) is 0 Å². The number of aliphatic hydroxyl groups is 1. The molecule has 1 fully saturated rings. The molecule has 1 saturated heterocycles. The van der Waals surface area contributed by atoms with Gasteiger partial charge in [-0.2, -0.15) is 0 Å². The first kappa shape index (κ1) is 14.2. The van der Waals surface area contributed by atoms with Crippen molar-refractivity contribution >= 4 is 17.9 Å². The van der Waals surface area contributed by atoms with Gasteiger partial charge in [0.05, 0.1) is 6.61 Å². The topological polar surface area (TPSA) is 110 Å². The summed E-state index contributed by atoms with van der Waals surface area (Å²) in [5.74, 6) is -1.33. The second-order valence-corrected chi connectivity index (χ2v) is 4.02. The Kier molecular flexibility index (Phi) is 4.90. The van der Waals surface area contributed by atoms with E-state index >= 15 is 0 Å². The van der Waals surface area contributed by atoms with E-state index in [4.69, 9.17) is 10.2 Å². The van der Waals surface area contributed by atoms with Crippen LogP contribution in [0.4, 0.5) is 4.79 Å². The highest BCUT2D eigenvalue weighted by atomic mass is 16.4. The van der Waals surface area contributed by atoms with Crippen LogP contribution in [0.2, 0.25) is 0 Å². The molecule has 3 amide bonds. The summed E-state index contributed by atoms with van der Waals surface area (Å²) < 4.78 is 0. The minimum atomic E-state index is -1.30. The lowest BCUT2D eigenvalue weighted by Crippen LogP contribution is -2.55. The molecule has 1 rings (SSSR count). The summed E-state index contributed by atoms with van der Waals surface area (Å²) in [4.78, 5) is 36.5. The first-order chi connectivity index (χ1) is 8.45. The normalized spacial score (nSPS) is 17.2. The van der Waals surface area contributed by atoms with Crippen LogP contribution >= 0.6 is 0 Å². The van der Waals surface area contributed by atoms with Gasteiger partial charge in [-0.25, -0.2) is 9.59 Å². The molecule has 1 aliphatic heterocycles. The molecule has 0 unspecified atom stereocenters. The minimum absolute atomic E-state index is 0.0474. The van der Waals surface area contributed by atoms with Crippen molar-refractivity contribution in [3.63, 3.8) is 0 Å². The zero-order chi connectivity index (χ0) is 13.7. The Labute approximate surface area is 104 Å². The molecular weight excluding hydrogens is 242 g/mol. The number of nitrogens with one attached hydrogen (secondary N) is 1. The van der Waals surface area contributed by atoms with E-state index in [1.165, 1.54) is 11.8 Å². The Morgan fingerprint density at radius 2 is 1.67 bits per heavy atom. The molecular formula is C10H17N3O5. The number of aliphatic hydroxyl groups excluding tert-OH is 1. The summed E-state index contributed by atoms with van der Waals surface area (Å²) in [5.41, 5.74) is 0. The highest BCUT2D eigenvalue weighted by Crippen LogP contribution is 2.02. The van der Waals surface area contributed by atoms with Crippen LogP contribution in [0.5, 0.6) is 0 Å². The maximum atomic E-state index is 11.7. The largest absolute Gasteiger partial charge is 0.480 e.